The predicted molar refractivity (Wildman–Crippen MR) is 117 cm³/mol. The first-order chi connectivity index (χ1) is 14.9. The number of hydrogen-bond acceptors (Lipinski definition) is 5. The van der Waals surface area contributed by atoms with Crippen LogP contribution in [0.1, 0.15) is 48.2 Å². The smallest absolute Gasteiger partial charge is 0.255 e. The molecule has 158 valence electrons. The van der Waals surface area contributed by atoms with E-state index >= 15 is 0 Å². The summed E-state index contributed by atoms with van der Waals surface area (Å²) in [5, 5.41) is 1.04. The third-order valence-electron chi connectivity index (χ3n) is 5.61. The molecule has 3 aromatic rings. The van der Waals surface area contributed by atoms with E-state index in [0.717, 1.165) is 22.0 Å². The first-order valence-corrected chi connectivity index (χ1v) is 10.3. The second-order valence-electron chi connectivity index (χ2n) is 7.91. The largest absolute Gasteiger partial charge is 0.488 e. The molecule has 0 fully saturated rings. The van der Waals surface area contributed by atoms with Crippen LogP contribution in [0.5, 0.6) is 5.75 Å². The molecule has 1 atom stereocenters. The van der Waals surface area contributed by atoms with Crippen LogP contribution in [0.4, 0.5) is 0 Å². The van der Waals surface area contributed by atoms with E-state index in [9.17, 15) is 14.4 Å². The Labute approximate surface area is 180 Å². The number of aromatic nitrogens is 1. The first kappa shape index (κ1) is 20.7. The minimum Gasteiger partial charge on any atom is -0.488 e. The number of hydrogen-bond donors (Lipinski definition) is 0. The van der Waals surface area contributed by atoms with Crippen LogP contribution in [-0.2, 0) is 22.7 Å². The average molecular weight is 416 g/mol. The Balaban J connectivity index is 1.53. The number of Topliss-reactive ketones (excluding diaryl/α,β-unsaturated/α-hetero) is 2. The number of benzene rings is 2. The Morgan fingerprint density at radius 1 is 1.13 bits per heavy atom. The molecule has 0 bridgehead atoms. The van der Waals surface area contributed by atoms with Gasteiger partial charge in [0.15, 0.2) is 5.78 Å². The van der Waals surface area contributed by atoms with Crippen molar-refractivity contribution in [2.45, 2.75) is 45.9 Å². The Hall–Kier alpha value is -3.54. The summed E-state index contributed by atoms with van der Waals surface area (Å²) in [6.45, 7) is 3.57. The summed E-state index contributed by atoms with van der Waals surface area (Å²) in [5.74, 6) is 0.308. The van der Waals surface area contributed by atoms with Crippen molar-refractivity contribution in [2.24, 2.45) is 0 Å². The van der Waals surface area contributed by atoms with Crippen LogP contribution in [0, 0.1) is 0 Å². The standard InChI is InChI=1S/C25H24N2O4/c1-16(28)10-11-23(17(2)29)27-14-21-20(25(27)30)7-5-9-24(21)31-15-18-12-19-6-3-4-8-22(19)26-13-18/h3-9,12-13,23H,10-11,14-15H2,1-2H3. The van der Waals surface area contributed by atoms with E-state index in [2.05, 4.69) is 4.98 Å². The van der Waals surface area contributed by atoms with Gasteiger partial charge in [0, 0.05) is 34.7 Å². The molecule has 0 radical (unpaired) electrons. The molecule has 0 saturated carbocycles. The highest BCUT2D eigenvalue weighted by molar-refractivity contribution is 6.01. The molecule has 6 heteroatoms. The summed E-state index contributed by atoms with van der Waals surface area (Å²) >= 11 is 0. The molecule has 2 heterocycles. The topological polar surface area (TPSA) is 76.6 Å². The molecule has 4 rings (SSSR count). The number of carbonyl (C=O) groups is 3. The normalized spacial score (nSPS) is 13.9. The number of nitrogens with zero attached hydrogens (tertiary/aromatic N) is 2. The SMILES string of the molecule is CC(=O)CCC(C(C)=O)N1Cc2c(OCc3cnc4ccccc4c3)cccc2C1=O. The predicted octanol–water partition coefficient (Wildman–Crippen LogP) is 4.10. The molecule has 0 spiro atoms. The Kier molecular flexibility index (Phi) is 5.80. The Morgan fingerprint density at radius 2 is 1.94 bits per heavy atom. The lowest BCUT2D eigenvalue weighted by molar-refractivity contribution is -0.122. The van der Waals surface area contributed by atoms with Gasteiger partial charge in [-0.05, 0) is 44.5 Å². The molecule has 1 aromatic heterocycles. The van der Waals surface area contributed by atoms with E-state index in [1.54, 1.807) is 23.2 Å². The van der Waals surface area contributed by atoms with Crippen LogP contribution in [0.2, 0.25) is 0 Å². The van der Waals surface area contributed by atoms with Gasteiger partial charge in [-0.3, -0.25) is 14.6 Å². The minimum atomic E-state index is -0.610. The fourth-order valence-electron chi connectivity index (χ4n) is 3.99. The van der Waals surface area contributed by atoms with Crippen LogP contribution in [-0.4, -0.2) is 33.4 Å². The monoisotopic (exact) mass is 416 g/mol. The van der Waals surface area contributed by atoms with Gasteiger partial charge in [-0.25, -0.2) is 0 Å². The van der Waals surface area contributed by atoms with E-state index in [4.69, 9.17) is 4.74 Å². The van der Waals surface area contributed by atoms with Crippen LogP contribution in [0.15, 0.2) is 54.7 Å². The van der Waals surface area contributed by atoms with Crippen molar-refractivity contribution >= 4 is 28.4 Å². The Morgan fingerprint density at radius 3 is 2.71 bits per heavy atom. The molecular weight excluding hydrogens is 392 g/mol. The molecule has 0 aliphatic carbocycles. The van der Waals surface area contributed by atoms with Crippen LogP contribution in [0.25, 0.3) is 10.9 Å². The number of para-hydroxylation sites is 1. The van der Waals surface area contributed by atoms with Gasteiger partial charge in [-0.1, -0.05) is 24.3 Å². The number of carbonyl (C=O) groups excluding carboxylic acids is 3. The molecule has 1 amide bonds. The number of rotatable bonds is 8. The van der Waals surface area contributed by atoms with E-state index < -0.39 is 6.04 Å². The zero-order valence-electron chi connectivity index (χ0n) is 17.6. The lowest BCUT2D eigenvalue weighted by atomic mass is 10.0. The molecule has 1 unspecified atom stereocenters. The van der Waals surface area contributed by atoms with Gasteiger partial charge in [-0.2, -0.15) is 0 Å². The molecule has 0 saturated heterocycles. The van der Waals surface area contributed by atoms with Gasteiger partial charge >= 0.3 is 0 Å². The van der Waals surface area contributed by atoms with Gasteiger partial charge in [0.1, 0.15) is 18.1 Å². The summed E-state index contributed by atoms with van der Waals surface area (Å²) in [5.41, 5.74) is 3.17. The second-order valence-corrected chi connectivity index (χ2v) is 7.91. The first-order valence-electron chi connectivity index (χ1n) is 10.3. The molecule has 6 nitrogen and oxygen atoms in total. The van der Waals surface area contributed by atoms with Crippen molar-refractivity contribution in [3.8, 4) is 5.75 Å². The lowest BCUT2D eigenvalue weighted by Crippen LogP contribution is -2.40. The maximum atomic E-state index is 13.0. The molecule has 2 aromatic carbocycles. The fourth-order valence-corrected chi connectivity index (χ4v) is 3.99. The minimum absolute atomic E-state index is 0.00317. The van der Waals surface area contributed by atoms with Crippen molar-refractivity contribution in [2.75, 3.05) is 0 Å². The van der Waals surface area contributed by atoms with Gasteiger partial charge in [-0.15, -0.1) is 0 Å². The van der Waals surface area contributed by atoms with Crippen LogP contribution in [0.3, 0.4) is 0 Å². The van der Waals surface area contributed by atoms with E-state index in [-0.39, 0.29) is 23.9 Å². The Bertz CT molecular complexity index is 1170. The van der Waals surface area contributed by atoms with Gasteiger partial charge < -0.3 is 14.4 Å². The quantitative estimate of drug-likeness (QED) is 0.553. The molecular formula is C25H24N2O4. The average Bonchev–Trinajstić information content (AvgIpc) is 3.09. The van der Waals surface area contributed by atoms with Crippen molar-refractivity contribution in [3.63, 3.8) is 0 Å². The zero-order valence-corrected chi connectivity index (χ0v) is 17.6. The van der Waals surface area contributed by atoms with E-state index in [0.29, 0.717) is 30.9 Å². The summed E-state index contributed by atoms with van der Waals surface area (Å²) in [7, 11) is 0. The van der Waals surface area contributed by atoms with Crippen molar-refractivity contribution < 1.29 is 19.1 Å². The number of pyridine rings is 1. The van der Waals surface area contributed by atoms with Gasteiger partial charge in [0.25, 0.3) is 5.91 Å². The highest BCUT2D eigenvalue weighted by atomic mass is 16.5. The number of fused-ring (bicyclic) bond motifs is 2. The summed E-state index contributed by atoms with van der Waals surface area (Å²) in [6, 6.07) is 14.7. The van der Waals surface area contributed by atoms with Crippen molar-refractivity contribution in [1.82, 2.24) is 9.88 Å². The maximum absolute atomic E-state index is 13.0. The summed E-state index contributed by atoms with van der Waals surface area (Å²) < 4.78 is 6.06. The number of ketones is 2. The van der Waals surface area contributed by atoms with Crippen LogP contribution < -0.4 is 4.74 Å². The summed E-state index contributed by atoms with van der Waals surface area (Å²) in [4.78, 5) is 42.6. The molecule has 1 aliphatic heterocycles. The van der Waals surface area contributed by atoms with Gasteiger partial charge in [0.2, 0.25) is 0 Å². The lowest BCUT2D eigenvalue weighted by Gasteiger charge is -2.25. The number of ether oxygens (including phenoxy) is 1. The molecule has 31 heavy (non-hydrogen) atoms. The van der Waals surface area contributed by atoms with Crippen molar-refractivity contribution in [1.29, 1.82) is 0 Å². The van der Waals surface area contributed by atoms with Crippen LogP contribution >= 0.6 is 0 Å². The second kappa shape index (κ2) is 8.68. The maximum Gasteiger partial charge on any atom is 0.255 e. The highest BCUT2D eigenvalue weighted by Crippen LogP contribution is 2.33. The van der Waals surface area contributed by atoms with E-state index in [1.807, 2.05) is 36.4 Å². The number of amides is 1. The van der Waals surface area contributed by atoms with E-state index in [1.165, 1.54) is 13.8 Å². The highest BCUT2D eigenvalue weighted by Gasteiger charge is 2.36. The third kappa shape index (κ3) is 4.33. The summed E-state index contributed by atoms with van der Waals surface area (Å²) in [6.07, 6.45) is 2.39. The molecule has 1 aliphatic rings. The van der Waals surface area contributed by atoms with Gasteiger partial charge in [0.05, 0.1) is 18.1 Å². The fraction of sp³-hybridized carbons (Fsp3) is 0.280. The van der Waals surface area contributed by atoms with Crippen molar-refractivity contribution in [3.05, 3.63) is 71.4 Å². The zero-order chi connectivity index (χ0) is 22.0. The third-order valence-corrected chi connectivity index (χ3v) is 5.61. The molecule has 0 N–H and O–H groups in total.